The lowest BCUT2D eigenvalue weighted by molar-refractivity contribution is 0.0683. The van der Waals surface area contributed by atoms with Gasteiger partial charge in [-0.1, -0.05) is 6.92 Å². The van der Waals surface area contributed by atoms with Gasteiger partial charge in [0.05, 0.1) is 12.6 Å². The van der Waals surface area contributed by atoms with Crippen molar-refractivity contribution < 1.29 is 14.3 Å². The highest BCUT2D eigenvalue weighted by atomic mass is 16.5. The van der Waals surface area contributed by atoms with Gasteiger partial charge in [-0.05, 0) is 56.4 Å². The standard InChI is InChI=1S/C20H31N3O3/c1-14-7-6-10-23(12-14)19(24)17-8-9-18(15(2)11-17)21-20(25)22(4)16(3)13-26-5/h8-9,11,14,16H,6-7,10,12-13H2,1-5H3,(H,21,25). The van der Waals surface area contributed by atoms with Crippen LogP contribution in [-0.4, -0.2) is 61.6 Å². The van der Waals surface area contributed by atoms with E-state index in [1.54, 1.807) is 25.1 Å². The fourth-order valence-electron chi connectivity index (χ4n) is 3.25. The molecule has 2 unspecified atom stereocenters. The van der Waals surface area contributed by atoms with Crippen LogP contribution in [0.25, 0.3) is 0 Å². The molecular formula is C20H31N3O3. The summed E-state index contributed by atoms with van der Waals surface area (Å²) in [7, 11) is 3.36. The molecule has 0 aliphatic carbocycles. The largest absolute Gasteiger partial charge is 0.383 e. The molecule has 6 heteroatoms. The molecule has 26 heavy (non-hydrogen) atoms. The van der Waals surface area contributed by atoms with Gasteiger partial charge in [-0.15, -0.1) is 0 Å². The van der Waals surface area contributed by atoms with Crippen LogP contribution in [-0.2, 0) is 4.74 Å². The molecule has 1 fully saturated rings. The molecule has 1 aromatic rings. The van der Waals surface area contributed by atoms with Gasteiger partial charge in [0.2, 0.25) is 0 Å². The van der Waals surface area contributed by atoms with E-state index in [0.29, 0.717) is 18.1 Å². The number of aryl methyl sites for hydroxylation is 1. The van der Waals surface area contributed by atoms with Gasteiger partial charge in [0.25, 0.3) is 5.91 Å². The smallest absolute Gasteiger partial charge is 0.321 e. The monoisotopic (exact) mass is 361 g/mol. The van der Waals surface area contributed by atoms with E-state index in [0.717, 1.165) is 30.8 Å². The van der Waals surface area contributed by atoms with Crippen LogP contribution >= 0.6 is 0 Å². The Morgan fingerprint density at radius 2 is 2.15 bits per heavy atom. The zero-order valence-electron chi connectivity index (χ0n) is 16.5. The number of carbonyl (C=O) groups excluding carboxylic acids is 2. The van der Waals surface area contributed by atoms with Crippen molar-refractivity contribution in [2.45, 2.75) is 39.7 Å². The van der Waals surface area contributed by atoms with Crippen molar-refractivity contribution in [1.29, 1.82) is 0 Å². The predicted octanol–water partition coefficient (Wildman–Crippen LogP) is 3.37. The van der Waals surface area contributed by atoms with E-state index >= 15 is 0 Å². The molecule has 1 saturated heterocycles. The van der Waals surface area contributed by atoms with E-state index in [1.807, 2.05) is 30.9 Å². The van der Waals surface area contributed by atoms with E-state index in [1.165, 1.54) is 6.42 Å². The number of nitrogens with one attached hydrogen (secondary N) is 1. The van der Waals surface area contributed by atoms with Crippen molar-refractivity contribution in [3.05, 3.63) is 29.3 Å². The number of carbonyl (C=O) groups is 2. The molecule has 6 nitrogen and oxygen atoms in total. The Balaban J connectivity index is 2.04. The second-order valence-electron chi connectivity index (χ2n) is 7.37. The van der Waals surface area contributed by atoms with Gasteiger partial charge in [0, 0.05) is 38.5 Å². The molecule has 0 radical (unpaired) electrons. The average molecular weight is 361 g/mol. The van der Waals surface area contributed by atoms with Crippen molar-refractivity contribution in [2.24, 2.45) is 5.92 Å². The number of urea groups is 1. The minimum Gasteiger partial charge on any atom is -0.383 e. The predicted molar refractivity (Wildman–Crippen MR) is 104 cm³/mol. The van der Waals surface area contributed by atoms with E-state index in [-0.39, 0.29) is 18.0 Å². The summed E-state index contributed by atoms with van der Waals surface area (Å²) in [5, 5.41) is 2.91. The molecule has 3 amide bonds. The van der Waals surface area contributed by atoms with Crippen LogP contribution in [0.5, 0.6) is 0 Å². The Morgan fingerprint density at radius 3 is 2.77 bits per heavy atom. The first-order valence-electron chi connectivity index (χ1n) is 9.26. The summed E-state index contributed by atoms with van der Waals surface area (Å²) in [5.74, 6) is 0.625. The summed E-state index contributed by atoms with van der Waals surface area (Å²) < 4.78 is 5.09. The van der Waals surface area contributed by atoms with Crippen LogP contribution in [0.1, 0.15) is 42.6 Å². The van der Waals surface area contributed by atoms with Crippen molar-refractivity contribution in [3.8, 4) is 0 Å². The third-order valence-electron chi connectivity index (χ3n) is 5.05. The van der Waals surface area contributed by atoms with Crippen LogP contribution in [0.2, 0.25) is 0 Å². The molecule has 144 valence electrons. The molecule has 1 aliphatic heterocycles. The van der Waals surface area contributed by atoms with E-state index in [2.05, 4.69) is 12.2 Å². The lowest BCUT2D eigenvalue weighted by atomic mass is 9.99. The zero-order valence-corrected chi connectivity index (χ0v) is 16.5. The number of ether oxygens (including phenoxy) is 1. The number of likely N-dealkylation sites (tertiary alicyclic amines) is 1. The highest BCUT2D eigenvalue weighted by Crippen LogP contribution is 2.21. The van der Waals surface area contributed by atoms with Crippen LogP contribution in [0.3, 0.4) is 0 Å². The van der Waals surface area contributed by atoms with Gasteiger partial charge in [-0.2, -0.15) is 0 Å². The number of nitrogens with zero attached hydrogens (tertiary/aromatic N) is 2. The lowest BCUT2D eigenvalue weighted by Crippen LogP contribution is -2.40. The van der Waals surface area contributed by atoms with Crippen LogP contribution in [0.4, 0.5) is 10.5 Å². The highest BCUT2D eigenvalue weighted by molar-refractivity contribution is 5.96. The molecule has 0 aromatic heterocycles. The fourth-order valence-corrected chi connectivity index (χ4v) is 3.25. The highest BCUT2D eigenvalue weighted by Gasteiger charge is 2.23. The molecule has 1 N–H and O–H groups in total. The molecule has 0 spiro atoms. The number of rotatable bonds is 5. The Morgan fingerprint density at radius 1 is 1.42 bits per heavy atom. The van der Waals surface area contributed by atoms with Crippen molar-refractivity contribution >= 4 is 17.6 Å². The average Bonchev–Trinajstić information content (AvgIpc) is 2.62. The summed E-state index contributed by atoms with van der Waals surface area (Å²) in [6.45, 7) is 8.14. The Bertz CT molecular complexity index is 647. The van der Waals surface area contributed by atoms with E-state index in [4.69, 9.17) is 4.74 Å². The molecule has 2 atom stereocenters. The number of amides is 3. The first-order valence-corrected chi connectivity index (χ1v) is 9.26. The van der Waals surface area contributed by atoms with Gasteiger partial charge in [0.15, 0.2) is 0 Å². The number of hydrogen-bond acceptors (Lipinski definition) is 3. The van der Waals surface area contributed by atoms with Crippen LogP contribution < -0.4 is 5.32 Å². The molecule has 0 saturated carbocycles. The molecular weight excluding hydrogens is 330 g/mol. The summed E-state index contributed by atoms with van der Waals surface area (Å²) in [5.41, 5.74) is 2.27. The first kappa shape index (κ1) is 20.2. The number of hydrogen-bond donors (Lipinski definition) is 1. The van der Waals surface area contributed by atoms with E-state index < -0.39 is 0 Å². The maximum absolute atomic E-state index is 12.7. The molecule has 2 rings (SSSR count). The Kier molecular flexibility index (Phi) is 7.03. The number of methoxy groups -OCH3 is 1. The molecule has 1 heterocycles. The SMILES string of the molecule is COCC(C)N(C)C(=O)Nc1ccc(C(=O)N2CCCC(C)C2)cc1C. The first-order chi connectivity index (χ1) is 12.3. The van der Waals surface area contributed by atoms with Crippen LogP contribution in [0.15, 0.2) is 18.2 Å². The Hall–Kier alpha value is -2.08. The lowest BCUT2D eigenvalue weighted by Gasteiger charge is -2.31. The summed E-state index contributed by atoms with van der Waals surface area (Å²) in [4.78, 5) is 28.6. The fraction of sp³-hybridized carbons (Fsp3) is 0.600. The topological polar surface area (TPSA) is 61.9 Å². The van der Waals surface area contributed by atoms with Crippen molar-refractivity contribution in [1.82, 2.24) is 9.80 Å². The van der Waals surface area contributed by atoms with Gasteiger partial charge < -0.3 is 19.9 Å². The maximum atomic E-state index is 12.7. The zero-order chi connectivity index (χ0) is 19.3. The van der Waals surface area contributed by atoms with Crippen molar-refractivity contribution in [2.75, 3.05) is 39.2 Å². The minimum absolute atomic E-state index is 0.0257. The third-order valence-corrected chi connectivity index (χ3v) is 5.05. The second kappa shape index (κ2) is 9.03. The van der Waals surface area contributed by atoms with Gasteiger partial charge in [-0.3, -0.25) is 4.79 Å². The van der Waals surface area contributed by atoms with Gasteiger partial charge >= 0.3 is 6.03 Å². The number of benzene rings is 1. The minimum atomic E-state index is -0.193. The van der Waals surface area contributed by atoms with Gasteiger partial charge in [0.1, 0.15) is 0 Å². The molecule has 0 bridgehead atoms. The normalized spacial score (nSPS) is 18.3. The van der Waals surface area contributed by atoms with Crippen molar-refractivity contribution in [3.63, 3.8) is 0 Å². The van der Waals surface area contributed by atoms with Crippen LogP contribution in [0, 0.1) is 12.8 Å². The third kappa shape index (κ3) is 4.97. The summed E-state index contributed by atoms with van der Waals surface area (Å²) in [6, 6.07) is 5.24. The number of anilines is 1. The van der Waals surface area contributed by atoms with E-state index in [9.17, 15) is 9.59 Å². The molecule has 1 aliphatic rings. The number of piperidine rings is 1. The number of likely N-dealkylation sites (N-methyl/N-ethyl adjacent to an activating group) is 1. The van der Waals surface area contributed by atoms with Gasteiger partial charge in [-0.25, -0.2) is 4.79 Å². The maximum Gasteiger partial charge on any atom is 0.321 e. The Labute approximate surface area is 156 Å². The summed E-state index contributed by atoms with van der Waals surface area (Å²) >= 11 is 0. The quantitative estimate of drug-likeness (QED) is 0.875. The summed E-state index contributed by atoms with van der Waals surface area (Å²) in [6.07, 6.45) is 2.24. The molecule has 1 aromatic carbocycles. The second-order valence-corrected chi connectivity index (χ2v) is 7.37.